The van der Waals surface area contributed by atoms with Crippen LogP contribution in [0.2, 0.25) is 5.02 Å². The van der Waals surface area contributed by atoms with E-state index >= 15 is 0 Å². The van der Waals surface area contributed by atoms with Crippen LogP contribution in [-0.4, -0.2) is 11.8 Å². The van der Waals surface area contributed by atoms with Crippen molar-refractivity contribution in [1.29, 1.82) is 0 Å². The predicted molar refractivity (Wildman–Crippen MR) is 122 cm³/mol. The molecule has 0 aliphatic heterocycles. The molecule has 0 aliphatic carbocycles. The van der Waals surface area contributed by atoms with Crippen LogP contribution in [0.25, 0.3) is 17.4 Å². The molecular formula is C25H19ClN2O4. The summed E-state index contributed by atoms with van der Waals surface area (Å²) in [6.07, 6.45) is 2.99. The van der Waals surface area contributed by atoms with E-state index in [1.807, 2.05) is 24.3 Å². The van der Waals surface area contributed by atoms with E-state index in [0.717, 1.165) is 5.56 Å². The summed E-state index contributed by atoms with van der Waals surface area (Å²) in [6.45, 7) is 0.174. The third kappa shape index (κ3) is 5.17. The average Bonchev–Trinajstić information content (AvgIpc) is 3.50. The van der Waals surface area contributed by atoms with E-state index in [9.17, 15) is 9.59 Å². The molecule has 2 aromatic carbocycles. The summed E-state index contributed by atoms with van der Waals surface area (Å²) in [5, 5.41) is 5.94. The molecule has 0 unspecified atom stereocenters. The van der Waals surface area contributed by atoms with Crippen LogP contribution >= 0.6 is 11.6 Å². The zero-order valence-corrected chi connectivity index (χ0v) is 17.6. The number of hydrogen-bond acceptors (Lipinski definition) is 4. The van der Waals surface area contributed by atoms with Crippen molar-refractivity contribution in [3.8, 4) is 11.3 Å². The number of furan rings is 2. The Morgan fingerprint density at radius 3 is 2.44 bits per heavy atom. The highest BCUT2D eigenvalue weighted by molar-refractivity contribution is 6.33. The molecule has 0 bridgehead atoms. The van der Waals surface area contributed by atoms with Gasteiger partial charge in [-0.1, -0.05) is 41.9 Å². The third-order valence-electron chi connectivity index (χ3n) is 4.58. The number of carbonyl (C=O) groups excluding carboxylic acids is 2. The van der Waals surface area contributed by atoms with Crippen LogP contribution in [0.4, 0.5) is 0 Å². The van der Waals surface area contributed by atoms with Gasteiger partial charge in [0.1, 0.15) is 23.0 Å². The van der Waals surface area contributed by atoms with E-state index in [1.54, 1.807) is 54.6 Å². The molecule has 6 nitrogen and oxygen atoms in total. The van der Waals surface area contributed by atoms with E-state index in [1.165, 1.54) is 12.3 Å². The van der Waals surface area contributed by atoms with Crippen LogP contribution in [0, 0.1) is 0 Å². The summed E-state index contributed by atoms with van der Waals surface area (Å²) in [7, 11) is 0. The monoisotopic (exact) mass is 446 g/mol. The van der Waals surface area contributed by atoms with Gasteiger partial charge in [0.15, 0.2) is 0 Å². The van der Waals surface area contributed by atoms with Gasteiger partial charge in [-0.2, -0.15) is 0 Å². The molecule has 4 rings (SSSR count). The molecular weight excluding hydrogens is 428 g/mol. The Balaban J connectivity index is 1.59. The van der Waals surface area contributed by atoms with E-state index < -0.39 is 11.8 Å². The van der Waals surface area contributed by atoms with Crippen molar-refractivity contribution in [2.24, 2.45) is 0 Å². The molecule has 4 aromatic rings. The molecule has 2 aromatic heterocycles. The molecule has 160 valence electrons. The second-order valence-electron chi connectivity index (χ2n) is 6.82. The minimum absolute atomic E-state index is 0.0328. The Hall–Kier alpha value is -4.03. The molecule has 2 amide bonds. The van der Waals surface area contributed by atoms with Gasteiger partial charge in [0.05, 0.1) is 17.8 Å². The minimum atomic E-state index is -0.485. The van der Waals surface area contributed by atoms with Gasteiger partial charge >= 0.3 is 0 Å². The molecule has 0 spiro atoms. The molecule has 2 heterocycles. The fraction of sp³-hybridized carbons (Fsp3) is 0.0400. The molecule has 0 saturated heterocycles. The standard InChI is InChI=1S/C25H19ClN2O4/c26-21-11-5-4-10-20(21)23-13-12-18(32-23)15-22(25(30)27-16-19-9-6-14-31-19)28-24(29)17-7-2-1-3-8-17/h1-15H,16H2,(H,27,30)(H,28,29). The lowest BCUT2D eigenvalue weighted by atomic mass is 10.2. The predicted octanol–water partition coefficient (Wildman–Crippen LogP) is 5.28. The molecule has 0 saturated carbocycles. The van der Waals surface area contributed by atoms with Gasteiger partial charge in [-0.3, -0.25) is 9.59 Å². The van der Waals surface area contributed by atoms with Crippen molar-refractivity contribution < 1.29 is 18.4 Å². The lowest BCUT2D eigenvalue weighted by Gasteiger charge is -2.10. The topological polar surface area (TPSA) is 84.5 Å². The fourth-order valence-electron chi connectivity index (χ4n) is 3.00. The second-order valence-corrected chi connectivity index (χ2v) is 7.23. The van der Waals surface area contributed by atoms with Gasteiger partial charge < -0.3 is 19.5 Å². The van der Waals surface area contributed by atoms with Crippen molar-refractivity contribution in [2.45, 2.75) is 6.54 Å². The molecule has 0 atom stereocenters. The maximum absolute atomic E-state index is 12.8. The summed E-state index contributed by atoms with van der Waals surface area (Å²) in [5.74, 6) is 0.623. The Morgan fingerprint density at radius 2 is 1.69 bits per heavy atom. The summed E-state index contributed by atoms with van der Waals surface area (Å²) < 4.78 is 11.1. The van der Waals surface area contributed by atoms with Crippen LogP contribution in [0.15, 0.2) is 99.7 Å². The van der Waals surface area contributed by atoms with Crippen molar-refractivity contribution >= 4 is 29.5 Å². The zero-order chi connectivity index (χ0) is 22.3. The Labute approximate surface area is 189 Å². The van der Waals surface area contributed by atoms with Gasteiger partial charge in [-0.15, -0.1) is 0 Å². The zero-order valence-electron chi connectivity index (χ0n) is 16.9. The fourth-order valence-corrected chi connectivity index (χ4v) is 3.23. The van der Waals surface area contributed by atoms with Crippen LogP contribution in [0.3, 0.4) is 0 Å². The summed E-state index contributed by atoms with van der Waals surface area (Å²) in [6, 6.07) is 22.8. The summed E-state index contributed by atoms with van der Waals surface area (Å²) >= 11 is 6.25. The highest BCUT2D eigenvalue weighted by Gasteiger charge is 2.16. The smallest absolute Gasteiger partial charge is 0.268 e. The number of benzene rings is 2. The van der Waals surface area contributed by atoms with E-state index in [4.69, 9.17) is 20.4 Å². The Morgan fingerprint density at radius 1 is 0.906 bits per heavy atom. The highest BCUT2D eigenvalue weighted by atomic mass is 35.5. The molecule has 2 N–H and O–H groups in total. The largest absolute Gasteiger partial charge is 0.467 e. The third-order valence-corrected chi connectivity index (χ3v) is 4.91. The maximum atomic E-state index is 12.8. The van der Waals surface area contributed by atoms with Gasteiger partial charge in [0.25, 0.3) is 11.8 Å². The highest BCUT2D eigenvalue weighted by Crippen LogP contribution is 2.29. The van der Waals surface area contributed by atoms with Crippen LogP contribution < -0.4 is 10.6 Å². The first-order chi connectivity index (χ1) is 15.6. The molecule has 0 radical (unpaired) electrons. The number of halogens is 1. The molecule has 32 heavy (non-hydrogen) atoms. The van der Waals surface area contributed by atoms with Gasteiger partial charge in [-0.25, -0.2) is 0 Å². The van der Waals surface area contributed by atoms with Crippen molar-refractivity contribution in [1.82, 2.24) is 10.6 Å². The van der Waals surface area contributed by atoms with Crippen molar-refractivity contribution in [2.75, 3.05) is 0 Å². The SMILES string of the molecule is O=C(NCc1ccco1)C(=Cc1ccc(-c2ccccc2Cl)o1)NC(=O)c1ccccc1. The first-order valence-electron chi connectivity index (χ1n) is 9.83. The molecule has 7 heteroatoms. The van der Waals surface area contributed by atoms with Crippen molar-refractivity contribution in [3.05, 3.63) is 113 Å². The number of hydrogen-bond donors (Lipinski definition) is 2. The van der Waals surface area contributed by atoms with E-state index in [-0.39, 0.29) is 12.2 Å². The molecule has 0 aliphatic rings. The number of nitrogens with one attached hydrogen (secondary N) is 2. The molecule has 0 fully saturated rings. The van der Waals surface area contributed by atoms with Crippen LogP contribution in [0.1, 0.15) is 21.9 Å². The quantitative estimate of drug-likeness (QED) is 0.378. The first kappa shape index (κ1) is 21.2. The van der Waals surface area contributed by atoms with Crippen LogP contribution in [-0.2, 0) is 11.3 Å². The number of rotatable bonds is 7. The Kier molecular flexibility index (Phi) is 6.53. The second kappa shape index (κ2) is 9.85. The maximum Gasteiger partial charge on any atom is 0.268 e. The van der Waals surface area contributed by atoms with Crippen LogP contribution in [0.5, 0.6) is 0 Å². The van der Waals surface area contributed by atoms with E-state index in [0.29, 0.717) is 27.9 Å². The summed E-state index contributed by atoms with van der Waals surface area (Å²) in [4.78, 5) is 25.5. The number of carbonyl (C=O) groups is 2. The lowest BCUT2D eigenvalue weighted by Crippen LogP contribution is -2.34. The van der Waals surface area contributed by atoms with Gasteiger partial charge in [0.2, 0.25) is 0 Å². The van der Waals surface area contributed by atoms with Gasteiger partial charge in [0, 0.05) is 17.2 Å². The van der Waals surface area contributed by atoms with Gasteiger partial charge in [-0.05, 0) is 48.5 Å². The lowest BCUT2D eigenvalue weighted by molar-refractivity contribution is -0.118. The number of amides is 2. The average molecular weight is 447 g/mol. The van der Waals surface area contributed by atoms with E-state index in [2.05, 4.69) is 10.6 Å². The first-order valence-corrected chi connectivity index (χ1v) is 10.2. The normalized spacial score (nSPS) is 11.2. The van der Waals surface area contributed by atoms with Crippen molar-refractivity contribution in [3.63, 3.8) is 0 Å². The summed E-state index contributed by atoms with van der Waals surface area (Å²) in [5.41, 5.74) is 1.19. The Bertz CT molecular complexity index is 1240. The minimum Gasteiger partial charge on any atom is -0.467 e.